The molecular formula is C17H17NO4. The normalized spacial score (nSPS) is 11.0. The molecule has 5 nitrogen and oxygen atoms in total. The van der Waals surface area contributed by atoms with Gasteiger partial charge in [0.25, 0.3) is 0 Å². The molecular weight excluding hydrogens is 282 g/mol. The van der Waals surface area contributed by atoms with Crippen LogP contribution >= 0.6 is 0 Å². The summed E-state index contributed by atoms with van der Waals surface area (Å²) in [6.07, 6.45) is 0. The second kappa shape index (κ2) is 5.89. The van der Waals surface area contributed by atoms with Crippen molar-refractivity contribution >= 4 is 17.6 Å². The van der Waals surface area contributed by atoms with Crippen molar-refractivity contribution in [1.29, 1.82) is 0 Å². The average Bonchev–Trinajstić information content (AvgIpc) is 2.49. The molecule has 2 aromatic rings. The van der Waals surface area contributed by atoms with E-state index in [-0.39, 0.29) is 17.2 Å². The van der Waals surface area contributed by atoms with Crippen molar-refractivity contribution in [1.82, 2.24) is 0 Å². The van der Waals surface area contributed by atoms with Crippen LogP contribution in [-0.4, -0.2) is 22.1 Å². The van der Waals surface area contributed by atoms with E-state index >= 15 is 0 Å². The molecule has 2 aromatic carbocycles. The topological polar surface area (TPSA) is 86.6 Å². The molecule has 0 heterocycles. The van der Waals surface area contributed by atoms with Crippen molar-refractivity contribution < 1.29 is 19.8 Å². The van der Waals surface area contributed by atoms with Crippen LogP contribution in [0.2, 0.25) is 0 Å². The molecule has 3 N–H and O–H groups in total. The molecule has 0 atom stereocenters. The van der Waals surface area contributed by atoms with Crippen molar-refractivity contribution in [2.75, 3.05) is 5.32 Å². The van der Waals surface area contributed by atoms with E-state index in [2.05, 4.69) is 5.32 Å². The number of hydrogen-bond acceptors (Lipinski definition) is 3. The van der Waals surface area contributed by atoms with Gasteiger partial charge in [-0.3, -0.25) is 4.79 Å². The lowest BCUT2D eigenvalue weighted by molar-refractivity contribution is -0.120. The minimum atomic E-state index is -1.25. The lowest BCUT2D eigenvalue weighted by Crippen LogP contribution is -2.34. The predicted molar refractivity (Wildman–Crippen MR) is 83.2 cm³/mol. The molecule has 0 spiro atoms. The van der Waals surface area contributed by atoms with Gasteiger partial charge in [0, 0.05) is 5.69 Å². The zero-order valence-electron chi connectivity index (χ0n) is 12.3. The van der Waals surface area contributed by atoms with E-state index in [9.17, 15) is 14.7 Å². The number of nitrogens with one attached hydrogen (secondary N) is 1. The van der Waals surface area contributed by atoms with E-state index in [4.69, 9.17) is 5.11 Å². The van der Waals surface area contributed by atoms with E-state index in [1.165, 1.54) is 18.2 Å². The van der Waals surface area contributed by atoms with Gasteiger partial charge in [-0.1, -0.05) is 30.3 Å². The monoisotopic (exact) mass is 299 g/mol. The molecule has 0 aliphatic rings. The average molecular weight is 299 g/mol. The van der Waals surface area contributed by atoms with Crippen LogP contribution in [0.5, 0.6) is 5.75 Å². The van der Waals surface area contributed by atoms with Crippen LogP contribution in [0.15, 0.2) is 48.5 Å². The Hall–Kier alpha value is -2.82. The van der Waals surface area contributed by atoms with Crippen LogP contribution in [0.3, 0.4) is 0 Å². The van der Waals surface area contributed by atoms with Gasteiger partial charge in [-0.15, -0.1) is 0 Å². The number of carboxylic acid groups (broad SMARTS) is 1. The highest BCUT2D eigenvalue weighted by atomic mass is 16.4. The molecule has 0 fully saturated rings. The number of amides is 1. The maximum atomic E-state index is 12.5. The first-order valence-corrected chi connectivity index (χ1v) is 6.75. The van der Waals surface area contributed by atoms with Crippen LogP contribution < -0.4 is 5.32 Å². The van der Waals surface area contributed by atoms with Crippen molar-refractivity contribution in [2.24, 2.45) is 0 Å². The molecule has 1 amide bonds. The van der Waals surface area contributed by atoms with E-state index in [0.717, 1.165) is 5.56 Å². The highest BCUT2D eigenvalue weighted by Crippen LogP contribution is 2.26. The number of aromatic hydroxyl groups is 1. The number of carbonyl (C=O) groups is 2. The Kier molecular flexibility index (Phi) is 4.17. The smallest absolute Gasteiger partial charge is 0.339 e. The van der Waals surface area contributed by atoms with Gasteiger partial charge < -0.3 is 15.5 Å². The predicted octanol–water partition coefficient (Wildman–Crippen LogP) is 3.01. The highest BCUT2D eigenvalue weighted by molar-refractivity contribution is 6.00. The molecule has 2 rings (SSSR count). The Balaban J connectivity index is 2.25. The van der Waals surface area contributed by atoms with Gasteiger partial charge in [0.1, 0.15) is 11.3 Å². The highest BCUT2D eigenvalue weighted by Gasteiger charge is 2.29. The molecule has 0 aromatic heterocycles. The number of hydrogen-bond donors (Lipinski definition) is 3. The first-order valence-electron chi connectivity index (χ1n) is 6.75. The second-order valence-corrected chi connectivity index (χ2v) is 5.48. The van der Waals surface area contributed by atoms with Gasteiger partial charge in [0.2, 0.25) is 5.91 Å². The first-order chi connectivity index (χ1) is 10.3. The third-order valence-electron chi connectivity index (χ3n) is 3.55. The number of benzene rings is 2. The van der Waals surface area contributed by atoms with Gasteiger partial charge >= 0.3 is 5.97 Å². The number of carbonyl (C=O) groups excluding carboxylic acids is 1. The number of aromatic carboxylic acids is 1. The molecule has 0 unspecified atom stereocenters. The largest absolute Gasteiger partial charge is 0.507 e. The van der Waals surface area contributed by atoms with Crippen molar-refractivity contribution in [2.45, 2.75) is 19.3 Å². The third kappa shape index (κ3) is 3.09. The Morgan fingerprint density at radius 2 is 1.68 bits per heavy atom. The summed E-state index contributed by atoms with van der Waals surface area (Å²) in [5.41, 5.74) is 0.145. The van der Waals surface area contributed by atoms with E-state index in [1.807, 2.05) is 30.3 Å². The Bertz CT molecular complexity index is 708. The molecule has 114 valence electrons. The number of rotatable bonds is 4. The lowest BCUT2D eigenvalue weighted by atomic mass is 9.83. The summed E-state index contributed by atoms with van der Waals surface area (Å²) in [6, 6.07) is 13.2. The molecule has 0 bridgehead atoms. The molecule has 0 saturated carbocycles. The summed E-state index contributed by atoms with van der Waals surface area (Å²) in [4.78, 5) is 23.5. The minimum absolute atomic E-state index is 0.254. The number of anilines is 1. The third-order valence-corrected chi connectivity index (χ3v) is 3.55. The maximum Gasteiger partial charge on any atom is 0.339 e. The van der Waals surface area contributed by atoms with Crippen LogP contribution in [0.25, 0.3) is 0 Å². The molecule has 0 radical (unpaired) electrons. The first kappa shape index (κ1) is 15.6. The fraction of sp³-hybridized carbons (Fsp3) is 0.176. The molecule has 0 aliphatic heterocycles. The van der Waals surface area contributed by atoms with E-state index in [0.29, 0.717) is 5.69 Å². The molecule has 22 heavy (non-hydrogen) atoms. The van der Waals surface area contributed by atoms with E-state index in [1.54, 1.807) is 13.8 Å². The zero-order valence-corrected chi connectivity index (χ0v) is 12.3. The zero-order chi connectivity index (χ0) is 16.3. The lowest BCUT2D eigenvalue weighted by Gasteiger charge is -2.24. The molecule has 5 heteroatoms. The Labute approximate surface area is 128 Å². The Morgan fingerprint density at radius 3 is 2.27 bits per heavy atom. The summed E-state index contributed by atoms with van der Waals surface area (Å²) in [7, 11) is 0. The molecule has 0 aliphatic carbocycles. The van der Waals surface area contributed by atoms with Gasteiger partial charge in [-0.25, -0.2) is 4.79 Å². The minimum Gasteiger partial charge on any atom is -0.507 e. The van der Waals surface area contributed by atoms with Gasteiger partial charge in [-0.05, 0) is 37.6 Å². The van der Waals surface area contributed by atoms with Gasteiger partial charge in [0.05, 0.1) is 5.41 Å². The van der Waals surface area contributed by atoms with Crippen molar-refractivity contribution in [3.63, 3.8) is 0 Å². The van der Waals surface area contributed by atoms with Gasteiger partial charge in [-0.2, -0.15) is 0 Å². The van der Waals surface area contributed by atoms with Gasteiger partial charge in [0.15, 0.2) is 0 Å². The SMILES string of the molecule is CC(C)(C(=O)Nc1ccc(O)c(C(=O)O)c1)c1ccccc1. The van der Waals surface area contributed by atoms with E-state index < -0.39 is 11.4 Å². The maximum absolute atomic E-state index is 12.5. The van der Waals surface area contributed by atoms with Crippen LogP contribution in [-0.2, 0) is 10.2 Å². The van der Waals surface area contributed by atoms with Crippen LogP contribution in [0.4, 0.5) is 5.69 Å². The summed E-state index contributed by atoms with van der Waals surface area (Å²) >= 11 is 0. The summed E-state index contributed by atoms with van der Waals surface area (Å²) in [6.45, 7) is 3.58. The Morgan fingerprint density at radius 1 is 1.05 bits per heavy atom. The quantitative estimate of drug-likeness (QED) is 0.757. The number of phenols is 1. The van der Waals surface area contributed by atoms with Crippen LogP contribution in [0.1, 0.15) is 29.8 Å². The fourth-order valence-corrected chi connectivity index (χ4v) is 2.06. The van der Waals surface area contributed by atoms with Crippen molar-refractivity contribution in [3.8, 4) is 5.75 Å². The molecule has 0 saturated heterocycles. The van der Waals surface area contributed by atoms with Crippen LogP contribution in [0, 0.1) is 0 Å². The number of carboxylic acids is 1. The summed E-state index contributed by atoms with van der Waals surface area (Å²) in [5, 5.41) is 21.2. The summed E-state index contributed by atoms with van der Waals surface area (Å²) < 4.78 is 0. The fourth-order valence-electron chi connectivity index (χ4n) is 2.06. The summed E-state index contributed by atoms with van der Waals surface area (Å²) in [5.74, 6) is -1.86. The second-order valence-electron chi connectivity index (χ2n) is 5.48. The standard InChI is InChI=1S/C17H17NO4/c1-17(2,11-6-4-3-5-7-11)16(22)18-12-8-9-14(19)13(10-12)15(20)21/h3-10,19H,1-2H3,(H,18,22)(H,20,21). The van der Waals surface area contributed by atoms with Crippen molar-refractivity contribution in [3.05, 3.63) is 59.7 Å².